The summed E-state index contributed by atoms with van der Waals surface area (Å²) >= 11 is 0. The van der Waals surface area contributed by atoms with E-state index in [1.807, 2.05) is 42.6 Å². The van der Waals surface area contributed by atoms with E-state index in [4.69, 9.17) is 0 Å². The van der Waals surface area contributed by atoms with E-state index in [0.717, 1.165) is 18.7 Å². The number of carbonyl (C=O) groups is 1. The van der Waals surface area contributed by atoms with E-state index in [1.54, 1.807) is 0 Å². The van der Waals surface area contributed by atoms with Gasteiger partial charge in [-0.1, -0.05) is 114 Å². The Morgan fingerprint density at radius 3 is 1.80 bits per heavy atom. The molecular formula is C28H42NO+. The van der Waals surface area contributed by atoms with Crippen molar-refractivity contribution in [2.45, 2.75) is 103 Å². The molecule has 2 heteroatoms. The molecule has 0 saturated heterocycles. The van der Waals surface area contributed by atoms with Gasteiger partial charge in [-0.15, -0.1) is 0 Å². The van der Waals surface area contributed by atoms with E-state index in [2.05, 4.69) is 23.6 Å². The van der Waals surface area contributed by atoms with Gasteiger partial charge in [0.25, 0.3) is 0 Å². The van der Waals surface area contributed by atoms with Crippen molar-refractivity contribution in [2.75, 3.05) is 0 Å². The number of hydrogen-bond acceptors (Lipinski definition) is 1. The van der Waals surface area contributed by atoms with Crippen LogP contribution in [0.1, 0.15) is 113 Å². The topological polar surface area (TPSA) is 20.9 Å². The molecule has 0 atom stereocenters. The van der Waals surface area contributed by atoms with E-state index in [0.29, 0.717) is 6.42 Å². The minimum atomic E-state index is 0.273. The number of ketones is 1. The molecule has 1 aromatic heterocycles. The van der Waals surface area contributed by atoms with Gasteiger partial charge in [-0.2, -0.15) is 4.57 Å². The first kappa shape index (κ1) is 24.3. The maximum Gasteiger partial charge on any atom is 0.248 e. The second-order valence-corrected chi connectivity index (χ2v) is 8.62. The van der Waals surface area contributed by atoms with E-state index in [-0.39, 0.29) is 5.78 Å². The first-order chi connectivity index (χ1) is 14.8. The van der Waals surface area contributed by atoms with Crippen molar-refractivity contribution in [2.24, 2.45) is 0 Å². The zero-order valence-corrected chi connectivity index (χ0v) is 19.2. The quantitative estimate of drug-likeness (QED) is 0.149. The lowest BCUT2D eigenvalue weighted by atomic mass is 10.0. The minimum Gasteiger partial charge on any atom is -0.287 e. The predicted octanol–water partition coefficient (Wildman–Crippen LogP) is 7.69. The van der Waals surface area contributed by atoms with Gasteiger partial charge in [0.1, 0.15) is 0 Å². The molecule has 0 bridgehead atoms. The lowest BCUT2D eigenvalue weighted by molar-refractivity contribution is -0.690. The summed E-state index contributed by atoms with van der Waals surface area (Å²) in [5, 5.41) is 0. The monoisotopic (exact) mass is 408 g/mol. The van der Waals surface area contributed by atoms with E-state index in [9.17, 15) is 4.79 Å². The standard InChI is InChI=1S/C28H42NO/c1-2-3-4-5-6-7-8-9-10-11-12-13-17-23-28(30)27-22-18-19-24-29(27)25-26-20-15-14-16-21-26/h14-16,18-22,24H,2-13,17,23,25H2,1H3/q+1. The Hall–Kier alpha value is -1.96. The molecule has 0 fully saturated rings. The van der Waals surface area contributed by atoms with Crippen LogP contribution >= 0.6 is 0 Å². The largest absolute Gasteiger partial charge is 0.287 e. The second kappa shape index (κ2) is 15.8. The highest BCUT2D eigenvalue weighted by Crippen LogP contribution is 2.13. The van der Waals surface area contributed by atoms with E-state index < -0.39 is 0 Å². The summed E-state index contributed by atoms with van der Waals surface area (Å²) in [5.74, 6) is 0.273. The Morgan fingerprint density at radius 1 is 0.667 bits per heavy atom. The fourth-order valence-corrected chi connectivity index (χ4v) is 4.08. The number of benzene rings is 1. The van der Waals surface area contributed by atoms with Crippen molar-refractivity contribution in [1.82, 2.24) is 0 Å². The number of unbranched alkanes of at least 4 members (excludes halogenated alkanes) is 12. The fourth-order valence-electron chi connectivity index (χ4n) is 4.08. The summed E-state index contributed by atoms with van der Waals surface area (Å²) in [6.45, 7) is 3.03. The molecule has 0 amide bonds. The smallest absolute Gasteiger partial charge is 0.248 e. The third-order valence-corrected chi connectivity index (χ3v) is 5.93. The maximum absolute atomic E-state index is 12.7. The van der Waals surface area contributed by atoms with Crippen LogP contribution in [0.15, 0.2) is 54.7 Å². The van der Waals surface area contributed by atoms with Crippen LogP contribution in [0.4, 0.5) is 0 Å². The molecule has 1 aromatic carbocycles. The predicted molar refractivity (Wildman–Crippen MR) is 127 cm³/mol. The number of carbonyl (C=O) groups excluding carboxylic acids is 1. The molecule has 0 aliphatic carbocycles. The van der Waals surface area contributed by atoms with Crippen molar-refractivity contribution in [3.8, 4) is 0 Å². The van der Waals surface area contributed by atoms with Crippen molar-refractivity contribution in [3.63, 3.8) is 0 Å². The van der Waals surface area contributed by atoms with Crippen molar-refractivity contribution in [1.29, 1.82) is 0 Å². The van der Waals surface area contributed by atoms with Gasteiger partial charge < -0.3 is 0 Å². The molecule has 30 heavy (non-hydrogen) atoms. The summed E-state index contributed by atoms with van der Waals surface area (Å²) in [7, 11) is 0. The Kier molecular flexibility index (Phi) is 12.8. The normalized spacial score (nSPS) is 11.0. The molecule has 0 unspecified atom stereocenters. The number of hydrogen-bond donors (Lipinski definition) is 0. The van der Waals surface area contributed by atoms with Gasteiger partial charge in [-0.25, -0.2) is 0 Å². The second-order valence-electron chi connectivity index (χ2n) is 8.62. The Morgan fingerprint density at radius 2 is 1.20 bits per heavy atom. The summed E-state index contributed by atoms with van der Waals surface area (Å²) in [6.07, 6.45) is 20.0. The van der Waals surface area contributed by atoms with Crippen LogP contribution in [0, 0.1) is 0 Å². The average molecular weight is 409 g/mol. The Bertz CT molecular complexity index is 695. The van der Waals surface area contributed by atoms with Crippen LogP contribution in [0.2, 0.25) is 0 Å². The fraction of sp³-hybridized carbons (Fsp3) is 0.571. The average Bonchev–Trinajstić information content (AvgIpc) is 2.78. The Labute approximate surface area is 184 Å². The van der Waals surface area contributed by atoms with Gasteiger partial charge in [0.15, 0.2) is 12.7 Å². The molecule has 0 spiro atoms. The lowest BCUT2D eigenvalue weighted by Crippen LogP contribution is -2.40. The van der Waals surface area contributed by atoms with Gasteiger partial charge >= 0.3 is 0 Å². The number of nitrogens with zero attached hydrogens (tertiary/aromatic N) is 1. The molecule has 0 radical (unpaired) electrons. The molecule has 0 aliphatic heterocycles. The first-order valence-corrected chi connectivity index (χ1v) is 12.4. The third kappa shape index (κ3) is 10.2. The molecule has 0 saturated carbocycles. The van der Waals surface area contributed by atoms with Crippen LogP contribution in [-0.2, 0) is 6.54 Å². The number of rotatable bonds is 17. The van der Waals surface area contributed by atoms with Crippen LogP contribution in [-0.4, -0.2) is 5.78 Å². The summed E-state index contributed by atoms with van der Waals surface area (Å²) in [4.78, 5) is 12.7. The van der Waals surface area contributed by atoms with Gasteiger partial charge in [0.05, 0.1) is 0 Å². The van der Waals surface area contributed by atoms with Gasteiger partial charge in [0.2, 0.25) is 11.5 Å². The van der Waals surface area contributed by atoms with E-state index >= 15 is 0 Å². The van der Waals surface area contributed by atoms with Gasteiger partial charge in [-0.05, 0) is 12.5 Å². The minimum absolute atomic E-state index is 0.273. The zero-order chi connectivity index (χ0) is 21.3. The number of aromatic nitrogens is 1. The Balaban J connectivity index is 1.55. The SMILES string of the molecule is CCCCCCCCCCCCCCCC(=O)c1cccc[n+]1Cc1ccccc1. The number of pyridine rings is 1. The third-order valence-electron chi connectivity index (χ3n) is 5.93. The van der Waals surface area contributed by atoms with Gasteiger partial charge in [-0.3, -0.25) is 4.79 Å². The molecule has 2 aromatic rings. The van der Waals surface area contributed by atoms with Crippen molar-refractivity contribution in [3.05, 3.63) is 66.0 Å². The summed E-state index contributed by atoms with van der Waals surface area (Å²) in [5.41, 5.74) is 2.06. The van der Waals surface area contributed by atoms with Crippen LogP contribution in [0.3, 0.4) is 0 Å². The highest BCUT2D eigenvalue weighted by molar-refractivity contribution is 5.92. The molecule has 0 N–H and O–H groups in total. The lowest BCUT2D eigenvalue weighted by Gasteiger charge is -2.05. The van der Waals surface area contributed by atoms with E-state index in [1.165, 1.54) is 82.6 Å². The van der Waals surface area contributed by atoms with Gasteiger partial charge in [0, 0.05) is 24.1 Å². The molecule has 0 aliphatic rings. The highest BCUT2D eigenvalue weighted by Gasteiger charge is 2.18. The highest BCUT2D eigenvalue weighted by atomic mass is 16.1. The number of Topliss-reactive ketones (excluding diaryl/α,β-unsaturated/α-hetero) is 1. The molecule has 2 rings (SSSR count). The first-order valence-electron chi connectivity index (χ1n) is 12.4. The molecule has 1 heterocycles. The summed E-state index contributed by atoms with van der Waals surface area (Å²) in [6, 6.07) is 16.3. The maximum atomic E-state index is 12.7. The van der Waals surface area contributed by atoms with Crippen LogP contribution in [0.25, 0.3) is 0 Å². The zero-order valence-electron chi connectivity index (χ0n) is 19.2. The molecular weight excluding hydrogens is 366 g/mol. The summed E-state index contributed by atoms with van der Waals surface area (Å²) < 4.78 is 2.08. The molecule has 2 nitrogen and oxygen atoms in total. The molecule has 164 valence electrons. The van der Waals surface area contributed by atoms with Crippen LogP contribution in [0.5, 0.6) is 0 Å². The van der Waals surface area contributed by atoms with Crippen molar-refractivity contribution >= 4 is 5.78 Å². The van der Waals surface area contributed by atoms with Crippen molar-refractivity contribution < 1.29 is 9.36 Å². The van der Waals surface area contributed by atoms with Crippen LogP contribution < -0.4 is 4.57 Å².